The lowest BCUT2D eigenvalue weighted by Gasteiger charge is -2.27. The number of aliphatic hydroxyl groups excluding tert-OH is 1. The third kappa shape index (κ3) is 2.20. The molecule has 16 heavy (non-hydrogen) atoms. The standard InChI is InChI=1S/C11H20N4O/c1-8-6-9(2-3-13-8)10-7-14-15(4-5-16)11(10)12/h7-9,13,16H,2-6,12H2,1H3. The fourth-order valence-corrected chi connectivity index (χ4v) is 2.41. The first-order valence-electron chi connectivity index (χ1n) is 5.87. The zero-order chi connectivity index (χ0) is 11.5. The highest BCUT2D eigenvalue weighted by atomic mass is 16.3. The molecule has 5 heteroatoms. The zero-order valence-corrected chi connectivity index (χ0v) is 9.69. The van der Waals surface area contributed by atoms with Crippen LogP contribution in [0.1, 0.15) is 31.2 Å². The minimum absolute atomic E-state index is 0.0773. The summed E-state index contributed by atoms with van der Waals surface area (Å²) in [4.78, 5) is 0. The van der Waals surface area contributed by atoms with Gasteiger partial charge in [0.05, 0.1) is 19.3 Å². The van der Waals surface area contributed by atoms with E-state index in [2.05, 4.69) is 17.3 Å². The predicted molar refractivity (Wildman–Crippen MR) is 63.2 cm³/mol. The number of aromatic nitrogens is 2. The van der Waals surface area contributed by atoms with E-state index in [-0.39, 0.29) is 6.61 Å². The summed E-state index contributed by atoms with van der Waals surface area (Å²) in [5, 5.41) is 16.5. The zero-order valence-electron chi connectivity index (χ0n) is 9.69. The van der Waals surface area contributed by atoms with Gasteiger partial charge in [-0.15, -0.1) is 0 Å². The lowest BCUT2D eigenvalue weighted by molar-refractivity contribution is 0.270. The van der Waals surface area contributed by atoms with Crippen molar-refractivity contribution in [1.29, 1.82) is 0 Å². The Morgan fingerprint density at radius 2 is 2.50 bits per heavy atom. The molecule has 0 bridgehead atoms. The van der Waals surface area contributed by atoms with Gasteiger partial charge < -0.3 is 16.2 Å². The van der Waals surface area contributed by atoms with E-state index < -0.39 is 0 Å². The normalized spacial score (nSPS) is 25.9. The van der Waals surface area contributed by atoms with E-state index in [1.165, 1.54) is 0 Å². The number of rotatable bonds is 3. The molecule has 1 saturated heterocycles. The Balaban J connectivity index is 2.13. The number of hydrogen-bond acceptors (Lipinski definition) is 4. The third-order valence-electron chi connectivity index (χ3n) is 3.29. The minimum Gasteiger partial charge on any atom is -0.394 e. The average molecular weight is 224 g/mol. The number of piperidine rings is 1. The molecule has 0 aromatic carbocycles. The minimum atomic E-state index is 0.0773. The Kier molecular flexibility index (Phi) is 3.46. The van der Waals surface area contributed by atoms with Gasteiger partial charge in [-0.2, -0.15) is 5.10 Å². The Labute approximate surface area is 95.6 Å². The van der Waals surface area contributed by atoms with Crippen molar-refractivity contribution >= 4 is 5.82 Å². The van der Waals surface area contributed by atoms with Crippen molar-refractivity contribution in [2.75, 3.05) is 18.9 Å². The van der Waals surface area contributed by atoms with Gasteiger partial charge in [-0.25, -0.2) is 4.68 Å². The number of anilines is 1. The first kappa shape index (κ1) is 11.4. The van der Waals surface area contributed by atoms with Crippen LogP contribution in [0.3, 0.4) is 0 Å². The molecule has 2 rings (SSSR count). The van der Waals surface area contributed by atoms with Gasteiger partial charge >= 0.3 is 0 Å². The number of aliphatic hydroxyl groups is 1. The van der Waals surface area contributed by atoms with Gasteiger partial charge in [-0.3, -0.25) is 0 Å². The highest BCUT2D eigenvalue weighted by Crippen LogP contribution is 2.31. The van der Waals surface area contributed by atoms with Gasteiger partial charge in [-0.1, -0.05) is 0 Å². The summed E-state index contributed by atoms with van der Waals surface area (Å²) in [7, 11) is 0. The molecule has 1 aromatic rings. The fraction of sp³-hybridized carbons (Fsp3) is 0.727. The van der Waals surface area contributed by atoms with Crippen molar-refractivity contribution < 1.29 is 5.11 Å². The number of nitrogens with one attached hydrogen (secondary N) is 1. The Morgan fingerprint density at radius 3 is 3.19 bits per heavy atom. The van der Waals surface area contributed by atoms with Crippen molar-refractivity contribution in [3.05, 3.63) is 11.8 Å². The molecule has 90 valence electrons. The molecule has 0 spiro atoms. The van der Waals surface area contributed by atoms with Gasteiger partial charge in [0.1, 0.15) is 5.82 Å². The quantitative estimate of drug-likeness (QED) is 0.691. The number of nitrogens with zero attached hydrogens (tertiary/aromatic N) is 2. The summed E-state index contributed by atoms with van der Waals surface area (Å²) >= 11 is 0. The van der Waals surface area contributed by atoms with E-state index in [1.807, 2.05) is 6.20 Å². The lowest BCUT2D eigenvalue weighted by Crippen LogP contribution is -2.35. The van der Waals surface area contributed by atoms with E-state index >= 15 is 0 Å². The predicted octanol–water partition coefficient (Wildman–Crippen LogP) is 0.313. The summed E-state index contributed by atoms with van der Waals surface area (Å²) < 4.78 is 1.68. The Bertz CT molecular complexity index is 350. The van der Waals surface area contributed by atoms with Crippen molar-refractivity contribution in [3.63, 3.8) is 0 Å². The molecule has 1 aromatic heterocycles. The van der Waals surface area contributed by atoms with Crippen LogP contribution < -0.4 is 11.1 Å². The van der Waals surface area contributed by atoms with Crippen LogP contribution in [0, 0.1) is 0 Å². The summed E-state index contributed by atoms with van der Waals surface area (Å²) in [6.45, 7) is 3.79. The molecule has 2 atom stereocenters. The second kappa shape index (κ2) is 4.84. The van der Waals surface area contributed by atoms with Gasteiger partial charge in [0.2, 0.25) is 0 Å². The average Bonchev–Trinajstić information content (AvgIpc) is 2.61. The van der Waals surface area contributed by atoms with E-state index in [9.17, 15) is 0 Å². The van der Waals surface area contributed by atoms with Crippen molar-refractivity contribution in [1.82, 2.24) is 15.1 Å². The van der Waals surface area contributed by atoms with Crippen LogP contribution in [0.2, 0.25) is 0 Å². The highest BCUT2D eigenvalue weighted by Gasteiger charge is 2.23. The second-order valence-corrected chi connectivity index (χ2v) is 4.51. The van der Waals surface area contributed by atoms with Gasteiger partial charge in [0.25, 0.3) is 0 Å². The van der Waals surface area contributed by atoms with E-state index in [4.69, 9.17) is 10.8 Å². The van der Waals surface area contributed by atoms with Gasteiger partial charge in [0, 0.05) is 11.6 Å². The highest BCUT2D eigenvalue weighted by molar-refractivity contribution is 5.41. The Hall–Kier alpha value is -1.07. The van der Waals surface area contributed by atoms with Crippen molar-refractivity contribution in [3.8, 4) is 0 Å². The molecule has 2 heterocycles. The van der Waals surface area contributed by atoms with E-state index in [0.717, 1.165) is 24.9 Å². The number of nitrogens with two attached hydrogens (primary N) is 1. The maximum atomic E-state index is 8.88. The van der Waals surface area contributed by atoms with Crippen LogP contribution in [-0.4, -0.2) is 34.1 Å². The monoisotopic (exact) mass is 224 g/mol. The summed E-state index contributed by atoms with van der Waals surface area (Å²) in [5.74, 6) is 1.22. The maximum Gasteiger partial charge on any atom is 0.125 e. The van der Waals surface area contributed by atoms with Crippen LogP contribution in [0.4, 0.5) is 5.82 Å². The van der Waals surface area contributed by atoms with Crippen LogP contribution in [0.15, 0.2) is 6.20 Å². The molecular formula is C11H20N4O. The largest absolute Gasteiger partial charge is 0.394 e. The molecular weight excluding hydrogens is 204 g/mol. The molecule has 5 nitrogen and oxygen atoms in total. The third-order valence-corrected chi connectivity index (χ3v) is 3.29. The van der Waals surface area contributed by atoms with Crippen LogP contribution >= 0.6 is 0 Å². The number of nitrogen functional groups attached to an aromatic ring is 1. The SMILES string of the molecule is CC1CC(c2cnn(CCO)c2N)CCN1. The molecule has 0 radical (unpaired) electrons. The summed E-state index contributed by atoms with van der Waals surface area (Å²) in [6, 6.07) is 0.541. The summed E-state index contributed by atoms with van der Waals surface area (Å²) in [5.41, 5.74) is 7.18. The van der Waals surface area contributed by atoms with Crippen LogP contribution in [-0.2, 0) is 6.54 Å². The molecule has 2 unspecified atom stereocenters. The lowest BCUT2D eigenvalue weighted by atomic mass is 9.88. The molecule has 0 aliphatic carbocycles. The number of hydrogen-bond donors (Lipinski definition) is 3. The van der Waals surface area contributed by atoms with Crippen LogP contribution in [0.5, 0.6) is 0 Å². The topological polar surface area (TPSA) is 76.1 Å². The first-order valence-corrected chi connectivity index (χ1v) is 5.87. The molecule has 1 aliphatic rings. The van der Waals surface area contributed by atoms with E-state index in [0.29, 0.717) is 24.3 Å². The molecule has 1 aliphatic heterocycles. The first-order chi connectivity index (χ1) is 7.72. The molecule has 0 amide bonds. The van der Waals surface area contributed by atoms with Gasteiger partial charge in [-0.05, 0) is 32.2 Å². The van der Waals surface area contributed by atoms with Crippen molar-refractivity contribution in [2.45, 2.75) is 38.3 Å². The molecule has 4 N–H and O–H groups in total. The second-order valence-electron chi connectivity index (χ2n) is 4.51. The fourth-order valence-electron chi connectivity index (χ4n) is 2.41. The summed E-state index contributed by atoms with van der Waals surface area (Å²) in [6.07, 6.45) is 4.07. The Morgan fingerprint density at radius 1 is 1.69 bits per heavy atom. The molecule has 0 saturated carbocycles. The maximum absolute atomic E-state index is 8.88. The molecule has 1 fully saturated rings. The van der Waals surface area contributed by atoms with Gasteiger partial charge in [0.15, 0.2) is 0 Å². The van der Waals surface area contributed by atoms with Crippen LogP contribution in [0.25, 0.3) is 0 Å². The van der Waals surface area contributed by atoms with E-state index in [1.54, 1.807) is 4.68 Å². The van der Waals surface area contributed by atoms with Crippen molar-refractivity contribution in [2.24, 2.45) is 0 Å². The smallest absolute Gasteiger partial charge is 0.125 e.